The molecule has 0 saturated carbocycles. The Labute approximate surface area is 76.9 Å². The molecule has 4 nitrogen and oxygen atoms in total. The average Bonchev–Trinajstić information content (AvgIpc) is 2.14. The molecule has 1 fully saturated rings. The fraction of sp³-hybridized carbons (Fsp3) is 1.00. The van der Waals surface area contributed by atoms with Crippen LogP contribution in [0, 0.1) is 0 Å². The van der Waals surface area contributed by atoms with Gasteiger partial charge in [0.15, 0.2) is 10.1 Å². The van der Waals surface area contributed by atoms with Crippen LogP contribution in [-0.4, -0.2) is 44.2 Å². The Morgan fingerprint density at radius 2 is 2.09 bits per heavy atom. The zero-order valence-corrected chi connectivity index (χ0v) is 7.79. The van der Waals surface area contributed by atoms with Crippen LogP contribution in [0.3, 0.4) is 0 Å². The summed E-state index contributed by atoms with van der Waals surface area (Å²) in [6.45, 7) is -0.377. The van der Waals surface area contributed by atoms with Gasteiger partial charge in [-0.25, -0.2) is 0 Å². The summed E-state index contributed by atoms with van der Waals surface area (Å²) >= 11 is 8.51. The molecule has 0 amide bonds. The van der Waals surface area contributed by atoms with Gasteiger partial charge in [0.2, 0.25) is 0 Å². The van der Waals surface area contributed by atoms with Crippen molar-refractivity contribution in [2.45, 2.75) is 22.3 Å². The normalized spacial score (nSPS) is 51.5. The summed E-state index contributed by atoms with van der Waals surface area (Å²) in [5, 5.41) is 26.9. The third kappa shape index (κ3) is 1.54. The molecular formula is C5H8BrClO4. The summed E-state index contributed by atoms with van der Waals surface area (Å²) in [6.07, 6.45) is -3.26. The van der Waals surface area contributed by atoms with Gasteiger partial charge in [0.05, 0.1) is 6.61 Å². The van der Waals surface area contributed by atoms with E-state index in [1.807, 2.05) is 0 Å². The lowest BCUT2D eigenvalue weighted by atomic mass is 10.2. The molecule has 1 rings (SSSR count). The number of aliphatic hydroxyl groups excluding tert-OH is 3. The van der Waals surface area contributed by atoms with Crippen molar-refractivity contribution in [1.82, 2.24) is 0 Å². The molecule has 6 heteroatoms. The van der Waals surface area contributed by atoms with Crippen molar-refractivity contribution in [3.63, 3.8) is 0 Å². The highest BCUT2D eigenvalue weighted by Gasteiger charge is 2.53. The van der Waals surface area contributed by atoms with E-state index in [0.717, 1.165) is 0 Å². The van der Waals surface area contributed by atoms with Crippen molar-refractivity contribution in [2.24, 2.45) is 0 Å². The highest BCUT2D eigenvalue weighted by molar-refractivity contribution is 9.10. The second-order valence-corrected chi connectivity index (χ2v) is 4.72. The zero-order chi connectivity index (χ0) is 8.65. The van der Waals surface area contributed by atoms with E-state index >= 15 is 0 Å². The minimum Gasteiger partial charge on any atom is -0.394 e. The maximum atomic E-state index is 9.26. The van der Waals surface area contributed by atoms with Crippen molar-refractivity contribution in [2.75, 3.05) is 6.61 Å². The molecule has 11 heavy (non-hydrogen) atoms. The molecule has 1 unspecified atom stereocenters. The number of alkyl halides is 2. The van der Waals surface area contributed by atoms with Gasteiger partial charge in [-0.15, -0.1) is 0 Å². The van der Waals surface area contributed by atoms with E-state index in [4.69, 9.17) is 26.6 Å². The number of hydrogen-bond acceptors (Lipinski definition) is 4. The zero-order valence-electron chi connectivity index (χ0n) is 5.44. The Morgan fingerprint density at radius 1 is 1.55 bits per heavy atom. The standard InChI is InChI=1S/C5H8BrClO4/c6-5(7)3(9)2(1-8)11-4(5)10/h2-4,8-10H,1H2/t2-,3-,4?,5-/m1/s1. The van der Waals surface area contributed by atoms with Crippen molar-refractivity contribution < 1.29 is 20.1 Å². The molecule has 4 atom stereocenters. The van der Waals surface area contributed by atoms with Gasteiger partial charge in [-0.05, 0) is 0 Å². The quantitative estimate of drug-likeness (QED) is 0.541. The van der Waals surface area contributed by atoms with Gasteiger partial charge in [-0.2, -0.15) is 0 Å². The summed E-state index contributed by atoms with van der Waals surface area (Å²) in [6, 6.07) is 0. The van der Waals surface area contributed by atoms with Crippen LogP contribution in [0.15, 0.2) is 0 Å². The van der Waals surface area contributed by atoms with Gasteiger partial charge in [-0.3, -0.25) is 0 Å². The number of hydrogen-bond donors (Lipinski definition) is 3. The molecule has 0 bridgehead atoms. The van der Waals surface area contributed by atoms with Crippen LogP contribution in [0.1, 0.15) is 0 Å². The lowest BCUT2D eigenvalue weighted by Crippen LogP contribution is -2.38. The molecule has 1 saturated heterocycles. The first-order valence-corrected chi connectivity index (χ1v) is 4.17. The van der Waals surface area contributed by atoms with Gasteiger partial charge >= 0.3 is 0 Å². The molecule has 1 aliphatic rings. The van der Waals surface area contributed by atoms with E-state index in [-0.39, 0.29) is 6.61 Å². The third-order valence-electron chi connectivity index (χ3n) is 1.56. The molecule has 3 N–H and O–H groups in total. The van der Waals surface area contributed by atoms with E-state index in [1.54, 1.807) is 0 Å². The topological polar surface area (TPSA) is 69.9 Å². The Hall–Kier alpha value is 0.610. The van der Waals surface area contributed by atoms with Gasteiger partial charge in [-0.1, -0.05) is 27.5 Å². The summed E-state index contributed by atoms with van der Waals surface area (Å²) in [5.74, 6) is 0. The lowest BCUT2D eigenvalue weighted by molar-refractivity contribution is -0.108. The Bertz CT molecular complexity index is 153. The molecule has 1 aliphatic heterocycles. The monoisotopic (exact) mass is 246 g/mol. The minimum absolute atomic E-state index is 0.377. The molecular weight excluding hydrogens is 239 g/mol. The van der Waals surface area contributed by atoms with Crippen molar-refractivity contribution >= 4 is 27.5 Å². The number of halogens is 2. The van der Waals surface area contributed by atoms with Gasteiger partial charge in [0.25, 0.3) is 0 Å². The maximum absolute atomic E-state index is 9.26. The lowest BCUT2D eigenvalue weighted by Gasteiger charge is -2.18. The smallest absolute Gasteiger partial charge is 0.187 e. The van der Waals surface area contributed by atoms with E-state index in [9.17, 15) is 5.11 Å². The van der Waals surface area contributed by atoms with Crippen LogP contribution in [0.25, 0.3) is 0 Å². The van der Waals surface area contributed by atoms with E-state index < -0.39 is 22.3 Å². The fourth-order valence-corrected chi connectivity index (χ4v) is 1.46. The molecule has 0 spiro atoms. The number of aliphatic hydroxyl groups is 3. The van der Waals surface area contributed by atoms with Crippen molar-refractivity contribution in [3.8, 4) is 0 Å². The maximum Gasteiger partial charge on any atom is 0.187 e. The Morgan fingerprint density at radius 3 is 2.27 bits per heavy atom. The molecule has 0 aromatic carbocycles. The van der Waals surface area contributed by atoms with Crippen LogP contribution < -0.4 is 0 Å². The summed E-state index contributed by atoms with van der Waals surface area (Å²) in [5.41, 5.74) is 0. The summed E-state index contributed by atoms with van der Waals surface area (Å²) in [7, 11) is 0. The van der Waals surface area contributed by atoms with E-state index in [0.29, 0.717) is 0 Å². The van der Waals surface area contributed by atoms with Crippen LogP contribution in [0.4, 0.5) is 0 Å². The number of rotatable bonds is 1. The Kier molecular flexibility index (Phi) is 2.79. The molecule has 0 radical (unpaired) electrons. The number of ether oxygens (including phenoxy) is 1. The van der Waals surface area contributed by atoms with Crippen LogP contribution in [0.2, 0.25) is 0 Å². The Balaban J connectivity index is 2.71. The highest BCUT2D eigenvalue weighted by atomic mass is 79.9. The van der Waals surface area contributed by atoms with E-state index in [1.165, 1.54) is 0 Å². The van der Waals surface area contributed by atoms with E-state index in [2.05, 4.69) is 15.9 Å². The average molecular weight is 247 g/mol. The predicted molar refractivity (Wildman–Crippen MR) is 41.5 cm³/mol. The first-order chi connectivity index (χ1) is 5.00. The first-order valence-electron chi connectivity index (χ1n) is 3.00. The fourth-order valence-electron chi connectivity index (χ4n) is 0.868. The molecule has 0 aliphatic carbocycles. The van der Waals surface area contributed by atoms with Gasteiger partial charge in [0.1, 0.15) is 12.2 Å². The highest BCUT2D eigenvalue weighted by Crippen LogP contribution is 2.40. The molecule has 66 valence electrons. The first kappa shape index (κ1) is 9.70. The van der Waals surface area contributed by atoms with Gasteiger partial charge < -0.3 is 20.1 Å². The molecule has 0 aromatic rings. The van der Waals surface area contributed by atoms with Crippen molar-refractivity contribution in [1.29, 1.82) is 0 Å². The minimum atomic E-state index is -1.40. The second kappa shape index (κ2) is 3.16. The molecule has 0 aromatic heterocycles. The second-order valence-electron chi connectivity index (χ2n) is 2.33. The van der Waals surface area contributed by atoms with Crippen LogP contribution in [0.5, 0.6) is 0 Å². The predicted octanol–water partition coefficient (Wildman–Crippen LogP) is -0.613. The van der Waals surface area contributed by atoms with Gasteiger partial charge in [0, 0.05) is 0 Å². The molecule has 1 heterocycles. The van der Waals surface area contributed by atoms with Crippen LogP contribution >= 0.6 is 27.5 Å². The van der Waals surface area contributed by atoms with Crippen molar-refractivity contribution in [3.05, 3.63) is 0 Å². The third-order valence-corrected chi connectivity index (χ3v) is 2.83. The largest absolute Gasteiger partial charge is 0.394 e. The SMILES string of the molecule is OC[C@H]1OC(O)[C@@](Cl)(Br)[C@@H]1O. The summed E-state index contributed by atoms with van der Waals surface area (Å²) < 4.78 is 3.31. The summed E-state index contributed by atoms with van der Waals surface area (Å²) in [4.78, 5) is 0. The van der Waals surface area contributed by atoms with Crippen LogP contribution in [-0.2, 0) is 4.74 Å².